The van der Waals surface area contributed by atoms with Crippen molar-refractivity contribution < 1.29 is 9.53 Å². The SMILES string of the molecule is Cc1nc(C(C)NC(=O)C(N)C2CCOCC2)cs1. The van der Waals surface area contributed by atoms with Gasteiger partial charge in [-0.1, -0.05) is 0 Å². The second-order valence-electron chi connectivity index (χ2n) is 5.00. The Morgan fingerprint density at radius 1 is 1.58 bits per heavy atom. The Hall–Kier alpha value is -0.980. The minimum Gasteiger partial charge on any atom is -0.381 e. The molecule has 0 radical (unpaired) electrons. The van der Waals surface area contributed by atoms with E-state index in [2.05, 4.69) is 10.3 Å². The fourth-order valence-corrected chi connectivity index (χ4v) is 2.96. The third kappa shape index (κ3) is 3.75. The van der Waals surface area contributed by atoms with Crippen LogP contribution < -0.4 is 11.1 Å². The van der Waals surface area contributed by atoms with Crippen LogP contribution in [0.3, 0.4) is 0 Å². The van der Waals surface area contributed by atoms with E-state index < -0.39 is 6.04 Å². The number of nitrogens with zero attached hydrogens (tertiary/aromatic N) is 1. The van der Waals surface area contributed by atoms with Crippen LogP contribution in [0.15, 0.2) is 5.38 Å². The van der Waals surface area contributed by atoms with Crippen molar-refractivity contribution in [3.8, 4) is 0 Å². The van der Waals surface area contributed by atoms with Gasteiger partial charge in [-0.3, -0.25) is 4.79 Å². The van der Waals surface area contributed by atoms with Crippen LogP contribution in [0.25, 0.3) is 0 Å². The second-order valence-corrected chi connectivity index (χ2v) is 6.06. The molecule has 106 valence electrons. The van der Waals surface area contributed by atoms with Gasteiger partial charge in [-0.2, -0.15) is 0 Å². The Labute approximate surface area is 117 Å². The molecule has 19 heavy (non-hydrogen) atoms. The first kappa shape index (κ1) is 14.4. The lowest BCUT2D eigenvalue weighted by molar-refractivity contribution is -0.125. The third-order valence-corrected chi connectivity index (χ3v) is 4.31. The molecule has 1 aromatic rings. The van der Waals surface area contributed by atoms with Gasteiger partial charge in [-0.05, 0) is 32.6 Å². The van der Waals surface area contributed by atoms with Crippen molar-refractivity contribution in [2.24, 2.45) is 11.7 Å². The Balaban J connectivity index is 1.89. The molecule has 2 rings (SSSR count). The Kier molecular flexibility index (Phi) is 4.90. The monoisotopic (exact) mass is 283 g/mol. The summed E-state index contributed by atoms with van der Waals surface area (Å²) in [4.78, 5) is 16.5. The molecule has 5 nitrogen and oxygen atoms in total. The summed E-state index contributed by atoms with van der Waals surface area (Å²) in [5.41, 5.74) is 6.94. The van der Waals surface area contributed by atoms with E-state index in [1.54, 1.807) is 11.3 Å². The van der Waals surface area contributed by atoms with Gasteiger partial charge in [0.25, 0.3) is 0 Å². The summed E-state index contributed by atoms with van der Waals surface area (Å²) < 4.78 is 5.29. The lowest BCUT2D eigenvalue weighted by Crippen LogP contribution is -2.47. The normalized spacial score (nSPS) is 19.9. The summed E-state index contributed by atoms with van der Waals surface area (Å²) >= 11 is 1.59. The summed E-state index contributed by atoms with van der Waals surface area (Å²) in [6, 6.07) is -0.547. The highest BCUT2D eigenvalue weighted by molar-refractivity contribution is 7.09. The average Bonchev–Trinajstić information content (AvgIpc) is 2.85. The first-order valence-corrected chi connectivity index (χ1v) is 7.51. The van der Waals surface area contributed by atoms with Crippen molar-refractivity contribution in [3.05, 3.63) is 16.1 Å². The molecule has 1 fully saturated rings. The molecule has 1 aliphatic heterocycles. The standard InChI is InChI=1S/C13H21N3O2S/c1-8(11-7-19-9(2)16-11)15-13(17)12(14)10-3-5-18-6-4-10/h7-8,10,12H,3-6,14H2,1-2H3,(H,15,17). The van der Waals surface area contributed by atoms with Crippen molar-refractivity contribution in [2.45, 2.75) is 38.8 Å². The van der Waals surface area contributed by atoms with Gasteiger partial charge in [0.1, 0.15) is 0 Å². The number of hydrogen-bond acceptors (Lipinski definition) is 5. The third-order valence-electron chi connectivity index (χ3n) is 3.52. The van der Waals surface area contributed by atoms with Crippen LogP contribution >= 0.6 is 11.3 Å². The smallest absolute Gasteiger partial charge is 0.237 e. The number of nitrogens with two attached hydrogens (primary N) is 1. The topological polar surface area (TPSA) is 77.2 Å². The van der Waals surface area contributed by atoms with E-state index >= 15 is 0 Å². The van der Waals surface area contributed by atoms with Gasteiger partial charge in [-0.15, -0.1) is 11.3 Å². The van der Waals surface area contributed by atoms with Crippen molar-refractivity contribution in [1.29, 1.82) is 0 Å². The maximum atomic E-state index is 12.1. The maximum Gasteiger partial charge on any atom is 0.237 e. The van der Waals surface area contributed by atoms with Crippen LogP contribution in [0, 0.1) is 12.8 Å². The minimum absolute atomic E-state index is 0.0925. The molecular formula is C13H21N3O2S. The lowest BCUT2D eigenvalue weighted by Gasteiger charge is -2.27. The number of rotatable bonds is 4. The van der Waals surface area contributed by atoms with E-state index in [0.29, 0.717) is 13.2 Å². The fourth-order valence-electron chi connectivity index (χ4n) is 2.25. The number of thiazole rings is 1. The van der Waals surface area contributed by atoms with Crippen molar-refractivity contribution >= 4 is 17.2 Å². The highest BCUT2D eigenvalue weighted by atomic mass is 32.1. The van der Waals surface area contributed by atoms with Crippen molar-refractivity contribution in [1.82, 2.24) is 10.3 Å². The summed E-state index contributed by atoms with van der Waals surface area (Å²) in [5.74, 6) is 0.128. The molecule has 1 aromatic heterocycles. The van der Waals surface area contributed by atoms with E-state index in [1.165, 1.54) is 0 Å². The number of ether oxygens (including phenoxy) is 1. The maximum absolute atomic E-state index is 12.1. The first-order valence-electron chi connectivity index (χ1n) is 6.63. The van der Waals surface area contributed by atoms with Crippen LogP contribution in [0.1, 0.15) is 36.5 Å². The van der Waals surface area contributed by atoms with E-state index in [4.69, 9.17) is 10.5 Å². The second kappa shape index (κ2) is 6.45. The van der Waals surface area contributed by atoms with Crippen LogP contribution in [-0.2, 0) is 9.53 Å². The molecule has 2 heterocycles. The number of amides is 1. The molecule has 6 heteroatoms. The van der Waals surface area contributed by atoms with E-state index in [1.807, 2.05) is 19.2 Å². The van der Waals surface area contributed by atoms with Crippen LogP contribution in [-0.4, -0.2) is 30.1 Å². The predicted octanol–water partition coefficient (Wildman–Crippen LogP) is 1.38. The van der Waals surface area contributed by atoms with Crippen molar-refractivity contribution in [2.75, 3.05) is 13.2 Å². The van der Waals surface area contributed by atoms with Gasteiger partial charge < -0.3 is 15.8 Å². The lowest BCUT2D eigenvalue weighted by atomic mass is 9.91. The number of aromatic nitrogens is 1. The molecule has 1 amide bonds. The molecule has 1 aliphatic rings. The predicted molar refractivity (Wildman–Crippen MR) is 74.9 cm³/mol. The average molecular weight is 283 g/mol. The van der Waals surface area contributed by atoms with Crippen LogP contribution in [0.2, 0.25) is 0 Å². The summed E-state index contributed by atoms with van der Waals surface area (Å²) in [6.07, 6.45) is 1.72. The number of carbonyl (C=O) groups excluding carboxylic acids is 1. The molecule has 0 aromatic carbocycles. The summed E-state index contributed by atoms with van der Waals surface area (Å²) in [5, 5.41) is 5.92. The minimum atomic E-state index is -0.453. The zero-order chi connectivity index (χ0) is 13.8. The molecular weight excluding hydrogens is 262 g/mol. The fraction of sp³-hybridized carbons (Fsp3) is 0.692. The molecule has 3 N–H and O–H groups in total. The van der Waals surface area contributed by atoms with Gasteiger partial charge in [0.15, 0.2) is 0 Å². The van der Waals surface area contributed by atoms with Crippen molar-refractivity contribution in [3.63, 3.8) is 0 Å². The zero-order valence-corrected chi connectivity index (χ0v) is 12.2. The Morgan fingerprint density at radius 2 is 2.26 bits per heavy atom. The molecule has 0 aliphatic carbocycles. The van der Waals surface area contributed by atoms with E-state index in [-0.39, 0.29) is 17.9 Å². The van der Waals surface area contributed by atoms with Gasteiger partial charge in [0, 0.05) is 18.6 Å². The highest BCUT2D eigenvalue weighted by Crippen LogP contribution is 2.19. The molecule has 1 saturated heterocycles. The molecule has 2 atom stereocenters. The molecule has 2 unspecified atom stereocenters. The Morgan fingerprint density at radius 3 is 2.84 bits per heavy atom. The molecule has 0 bridgehead atoms. The van der Waals surface area contributed by atoms with Gasteiger partial charge in [0.2, 0.25) is 5.91 Å². The van der Waals surface area contributed by atoms with Gasteiger partial charge in [0.05, 0.1) is 22.8 Å². The molecule has 0 spiro atoms. The first-order chi connectivity index (χ1) is 9.08. The summed E-state index contributed by atoms with van der Waals surface area (Å²) in [7, 11) is 0. The number of nitrogens with one attached hydrogen (secondary N) is 1. The highest BCUT2D eigenvalue weighted by Gasteiger charge is 2.27. The van der Waals surface area contributed by atoms with Gasteiger partial charge in [-0.25, -0.2) is 4.98 Å². The number of hydrogen-bond donors (Lipinski definition) is 2. The summed E-state index contributed by atoms with van der Waals surface area (Å²) in [6.45, 7) is 5.29. The quantitative estimate of drug-likeness (QED) is 0.875. The van der Waals surface area contributed by atoms with E-state index in [9.17, 15) is 4.79 Å². The Bertz CT molecular complexity index is 429. The van der Waals surface area contributed by atoms with E-state index in [0.717, 1.165) is 23.5 Å². The van der Waals surface area contributed by atoms with Crippen LogP contribution in [0.4, 0.5) is 0 Å². The largest absolute Gasteiger partial charge is 0.381 e. The molecule has 0 saturated carbocycles. The number of aryl methyl sites for hydroxylation is 1. The van der Waals surface area contributed by atoms with Gasteiger partial charge >= 0.3 is 0 Å². The zero-order valence-electron chi connectivity index (χ0n) is 11.4. The van der Waals surface area contributed by atoms with Crippen LogP contribution in [0.5, 0.6) is 0 Å². The number of carbonyl (C=O) groups is 1.